The minimum Gasteiger partial charge on any atom is -0.362 e. The molecule has 1 saturated carbocycles. The van der Waals surface area contributed by atoms with E-state index in [1.54, 1.807) is 6.20 Å². The van der Waals surface area contributed by atoms with E-state index in [1.807, 2.05) is 30.8 Å². The minimum absolute atomic E-state index is 0.0673. The van der Waals surface area contributed by atoms with Crippen LogP contribution in [0.4, 0.5) is 5.82 Å². The highest BCUT2D eigenvalue weighted by Crippen LogP contribution is 2.34. The van der Waals surface area contributed by atoms with Gasteiger partial charge < -0.3 is 9.80 Å². The van der Waals surface area contributed by atoms with Gasteiger partial charge in [-0.25, -0.2) is 9.97 Å². The molecule has 0 radical (unpaired) electrons. The molecule has 7 heteroatoms. The second kappa shape index (κ2) is 7.29. The number of aryl methyl sites for hydroxylation is 1. The topological polar surface area (TPSA) is 78.0 Å². The van der Waals surface area contributed by atoms with Crippen LogP contribution in [0.5, 0.6) is 0 Å². The second-order valence-corrected chi connectivity index (χ2v) is 7.92. The van der Waals surface area contributed by atoms with Gasteiger partial charge in [0, 0.05) is 32.1 Å². The number of H-pyrrole nitrogens is 1. The van der Waals surface area contributed by atoms with Crippen molar-refractivity contribution >= 4 is 11.7 Å². The number of rotatable bonds is 3. The molecule has 1 amide bonds. The van der Waals surface area contributed by atoms with Crippen molar-refractivity contribution in [1.82, 2.24) is 25.1 Å². The van der Waals surface area contributed by atoms with Gasteiger partial charge in [-0.2, -0.15) is 5.10 Å². The summed E-state index contributed by atoms with van der Waals surface area (Å²) in [6, 6.07) is 0. The van der Waals surface area contributed by atoms with E-state index in [0.29, 0.717) is 19.0 Å². The third-order valence-electron chi connectivity index (χ3n) is 5.78. The molecule has 2 aliphatic rings. The first kappa shape index (κ1) is 17.9. The maximum absolute atomic E-state index is 13.2. The minimum atomic E-state index is 0.0673. The number of aromatic nitrogens is 4. The van der Waals surface area contributed by atoms with E-state index in [1.165, 1.54) is 19.3 Å². The molecule has 2 aromatic rings. The fourth-order valence-corrected chi connectivity index (χ4v) is 4.41. The van der Waals surface area contributed by atoms with Crippen molar-refractivity contribution < 1.29 is 4.79 Å². The van der Waals surface area contributed by atoms with Crippen molar-refractivity contribution in [2.45, 2.75) is 57.9 Å². The Kier molecular flexibility index (Phi) is 4.85. The molecule has 144 valence electrons. The molecular formula is C20H28N6O. The van der Waals surface area contributed by atoms with Gasteiger partial charge in [0.1, 0.15) is 11.6 Å². The van der Waals surface area contributed by atoms with E-state index in [9.17, 15) is 4.79 Å². The molecule has 0 aromatic carbocycles. The molecule has 0 saturated heterocycles. The van der Waals surface area contributed by atoms with Gasteiger partial charge in [0.2, 0.25) is 0 Å². The first-order chi connectivity index (χ1) is 13.0. The van der Waals surface area contributed by atoms with Gasteiger partial charge >= 0.3 is 0 Å². The van der Waals surface area contributed by atoms with Gasteiger partial charge in [-0.05, 0) is 26.2 Å². The number of hydrogen-bond donors (Lipinski definition) is 1. The van der Waals surface area contributed by atoms with E-state index in [2.05, 4.69) is 20.2 Å². The molecule has 0 spiro atoms. The van der Waals surface area contributed by atoms with Crippen molar-refractivity contribution in [3.8, 4) is 0 Å². The number of carbonyl (C=O) groups is 1. The average Bonchev–Trinajstić information content (AvgIpc) is 3.16. The number of fused-ring (bicyclic) bond motifs is 1. The molecule has 1 fully saturated rings. The summed E-state index contributed by atoms with van der Waals surface area (Å²) >= 11 is 0. The number of amides is 1. The lowest BCUT2D eigenvalue weighted by Gasteiger charge is -2.31. The summed E-state index contributed by atoms with van der Waals surface area (Å²) in [5.41, 5.74) is 3.89. The molecular weight excluding hydrogens is 340 g/mol. The molecule has 27 heavy (non-hydrogen) atoms. The fraction of sp³-hybridized carbons (Fsp3) is 0.600. The average molecular weight is 368 g/mol. The summed E-state index contributed by atoms with van der Waals surface area (Å²) in [4.78, 5) is 26.4. The van der Waals surface area contributed by atoms with Crippen LogP contribution in [0.1, 0.15) is 71.2 Å². The van der Waals surface area contributed by atoms with Crippen molar-refractivity contribution in [3.63, 3.8) is 0 Å². The Balaban J connectivity index is 1.58. The molecule has 4 rings (SSSR count). The van der Waals surface area contributed by atoms with Crippen molar-refractivity contribution in [1.29, 1.82) is 0 Å². The normalized spacial score (nSPS) is 17.7. The van der Waals surface area contributed by atoms with Crippen LogP contribution in [-0.2, 0) is 13.0 Å². The van der Waals surface area contributed by atoms with E-state index < -0.39 is 0 Å². The Morgan fingerprint density at radius 2 is 2.00 bits per heavy atom. The summed E-state index contributed by atoms with van der Waals surface area (Å²) in [6.45, 7) is 3.13. The van der Waals surface area contributed by atoms with Crippen LogP contribution in [0.25, 0.3) is 0 Å². The van der Waals surface area contributed by atoms with Crippen LogP contribution in [0.3, 0.4) is 0 Å². The Labute approximate surface area is 160 Å². The van der Waals surface area contributed by atoms with Crippen molar-refractivity contribution in [2.75, 3.05) is 25.5 Å². The lowest BCUT2D eigenvalue weighted by Crippen LogP contribution is -2.38. The number of aromatic amines is 1. The van der Waals surface area contributed by atoms with Crippen LogP contribution in [0.15, 0.2) is 6.20 Å². The van der Waals surface area contributed by atoms with E-state index >= 15 is 0 Å². The molecule has 2 aromatic heterocycles. The zero-order valence-electron chi connectivity index (χ0n) is 16.5. The van der Waals surface area contributed by atoms with Crippen LogP contribution in [0, 0.1) is 6.92 Å². The largest absolute Gasteiger partial charge is 0.362 e. The lowest BCUT2D eigenvalue weighted by molar-refractivity contribution is 0.0729. The van der Waals surface area contributed by atoms with Crippen LogP contribution >= 0.6 is 0 Å². The molecule has 0 atom stereocenters. The molecule has 1 N–H and O–H groups in total. The zero-order valence-corrected chi connectivity index (χ0v) is 16.5. The molecule has 1 aliphatic heterocycles. The second-order valence-electron chi connectivity index (χ2n) is 7.92. The predicted octanol–water partition coefficient (Wildman–Crippen LogP) is 2.82. The SMILES string of the molecule is Cc1nc2c(c(N(C)C)n1)CCN(C(=O)c1cn[nH]c1C1CCCCC1)C2. The molecule has 7 nitrogen and oxygen atoms in total. The monoisotopic (exact) mass is 368 g/mol. The van der Waals surface area contributed by atoms with Gasteiger partial charge in [-0.3, -0.25) is 9.89 Å². The fourth-order valence-electron chi connectivity index (χ4n) is 4.41. The van der Waals surface area contributed by atoms with E-state index in [0.717, 1.165) is 53.4 Å². The number of hydrogen-bond acceptors (Lipinski definition) is 5. The first-order valence-electron chi connectivity index (χ1n) is 9.91. The predicted molar refractivity (Wildman–Crippen MR) is 104 cm³/mol. The third-order valence-corrected chi connectivity index (χ3v) is 5.78. The van der Waals surface area contributed by atoms with E-state index in [-0.39, 0.29) is 5.91 Å². The Morgan fingerprint density at radius 1 is 1.22 bits per heavy atom. The maximum atomic E-state index is 13.2. The molecule has 0 bridgehead atoms. The van der Waals surface area contributed by atoms with Crippen molar-refractivity contribution in [2.24, 2.45) is 0 Å². The lowest BCUT2D eigenvalue weighted by atomic mass is 9.85. The number of nitrogens with zero attached hydrogens (tertiary/aromatic N) is 5. The molecule has 0 unspecified atom stereocenters. The van der Waals surface area contributed by atoms with Gasteiger partial charge in [0.15, 0.2) is 0 Å². The number of carbonyl (C=O) groups excluding carboxylic acids is 1. The number of anilines is 1. The summed E-state index contributed by atoms with van der Waals surface area (Å²) < 4.78 is 0. The highest BCUT2D eigenvalue weighted by atomic mass is 16.2. The quantitative estimate of drug-likeness (QED) is 0.901. The Morgan fingerprint density at radius 3 is 2.74 bits per heavy atom. The van der Waals surface area contributed by atoms with Crippen LogP contribution < -0.4 is 4.90 Å². The Bertz CT molecular complexity index is 837. The summed E-state index contributed by atoms with van der Waals surface area (Å²) in [5, 5.41) is 7.32. The zero-order chi connectivity index (χ0) is 19.0. The highest BCUT2D eigenvalue weighted by Gasteiger charge is 2.30. The summed E-state index contributed by atoms with van der Waals surface area (Å²) in [5.74, 6) is 2.22. The molecule has 3 heterocycles. The third kappa shape index (κ3) is 3.42. The van der Waals surface area contributed by atoms with Crippen LogP contribution in [-0.4, -0.2) is 51.6 Å². The van der Waals surface area contributed by atoms with Gasteiger partial charge in [0.05, 0.1) is 29.7 Å². The summed E-state index contributed by atoms with van der Waals surface area (Å²) in [6.07, 6.45) is 8.54. The standard InChI is InChI=1S/C20H28N6O/c1-13-22-17-12-26(10-9-15(17)19(23-13)25(2)3)20(27)16-11-21-24-18(16)14-7-5-4-6-8-14/h11,14H,4-10,12H2,1-3H3,(H,21,24). The van der Waals surface area contributed by atoms with Gasteiger partial charge in [-0.1, -0.05) is 19.3 Å². The van der Waals surface area contributed by atoms with E-state index in [4.69, 9.17) is 0 Å². The summed E-state index contributed by atoms with van der Waals surface area (Å²) in [7, 11) is 4.00. The number of nitrogens with one attached hydrogen (secondary N) is 1. The maximum Gasteiger partial charge on any atom is 0.257 e. The Hall–Kier alpha value is -2.44. The van der Waals surface area contributed by atoms with Gasteiger partial charge in [0.25, 0.3) is 5.91 Å². The van der Waals surface area contributed by atoms with Gasteiger partial charge in [-0.15, -0.1) is 0 Å². The first-order valence-corrected chi connectivity index (χ1v) is 9.91. The smallest absolute Gasteiger partial charge is 0.257 e. The highest BCUT2D eigenvalue weighted by molar-refractivity contribution is 5.95. The van der Waals surface area contributed by atoms with Crippen LogP contribution in [0.2, 0.25) is 0 Å². The van der Waals surface area contributed by atoms with Crippen molar-refractivity contribution in [3.05, 3.63) is 34.5 Å². The molecule has 1 aliphatic carbocycles.